The summed E-state index contributed by atoms with van der Waals surface area (Å²) in [6.45, 7) is 1.77. The summed E-state index contributed by atoms with van der Waals surface area (Å²) in [5.41, 5.74) is 0.361. The largest absolute Gasteiger partial charge is 0.233 e. The first kappa shape index (κ1) is 6.90. The topological polar surface area (TPSA) is 34.1 Å². The first-order valence-electron chi connectivity index (χ1n) is 2.30. The average Bonchev–Trinajstić information content (AvgIpc) is 1.83. The summed E-state index contributed by atoms with van der Waals surface area (Å²) in [4.78, 5) is 19.3. The highest BCUT2D eigenvalue weighted by Gasteiger charge is 1.84. The first-order chi connectivity index (χ1) is 3.85. The molecule has 8 heavy (non-hydrogen) atoms. The summed E-state index contributed by atoms with van der Waals surface area (Å²) in [6.07, 6.45) is 1.63. The van der Waals surface area contributed by atoms with Gasteiger partial charge >= 0.3 is 0 Å². The van der Waals surface area contributed by atoms with Gasteiger partial charge in [-0.05, 0) is 6.42 Å². The smallest absolute Gasteiger partial charge is 0.128 e. The van der Waals surface area contributed by atoms with E-state index in [0.29, 0.717) is 12.0 Å². The number of hydrogen-bond acceptors (Lipinski definition) is 2. The minimum atomic E-state index is 0.361. The van der Waals surface area contributed by atoms with Crippen molar-refractivity contribution >= 4 is 11.9 Å². The summed E-state index contributed by atoms with van der Waals surface area (Å²) in [7, 11) is 0. The van der Waals surface area contributed by atoms with E-state index in [4.69, 9.17) is 0 Å². The molecule has 42 valence electrons. The molecule has 2 heteroatoms. The number of rotatable bonds is 2. The third kappa shape index (κ3) is 2.14. The molecule has 2 nitrogen and oxygen atoms in total. The molecule has 0 spiro atoms. The van der Waals surface area contributed by atoms with Crippen molar-refractivity contribution < 1.29 is 9.59 Å². The molecule has 0 aliphatic heterocycles. The molecule has 0 N–H and O–H groups in total. The van der Waals surface area contributed by atoms with Crippen molar-refractivity contribution in [3.8, 4) is 0 Å². The van der Waals surface area contributed by atoms with Gasteiger partial charge in [0.05, 0.1) is 0 Å². The SMILES string of the molecule is CCC(=C=O)C=C=O. The molecule has 0 saturated carbocycles. The van der Waals surface area contributed by atoms with E-state index in [1.54, 1.807) is 12.9 Å². The van der Waals surface area contributed by atoms with E-state index in [1.807, 2.05) is 0 Å². The summed E-state index contributed by atoms with van der Waals surface area (Å²) >= 11 is 0. The van der Waals surface area contributed by atoms with Crippen LogP contribution in [0.15, 0.2) is 11.6 Å². The lowest BCUT2D eigenvalue weighted by atomic mass is 10.2. The van der Waals surface area contributed by atoms with Gasteiger partial charge in [-0.15, -0.1) is 0 Å². The normalized spacial score (nSPS) is 6.62. The Bertz CT molecular complexity index is 157. The van der Waals surface area contributed by atoms with Crippen LogP contribution >= 0.6 is 0 Å². The Morgan fingerprint density at radius 2 is 2.25 bits per heavy atom. The molecule has 0 aromatic heterocycles. The molecule has 0 aromatic rings. The van der Waals surface area contributed by atoms with Crippen LogP contribution in [-0.4, -0.2) is 11.9 Å². The van der Waals surface area contributed by atoms with Gasteiger partial charge in [0.2, 0.25) is 0 Å². The van der Waals surface area contributed by atoms with Gasteiger partial charge in [-0.3, -0.25) is 0 Å². The van der Waals surface area contributed by atoms with E-state index in [9.17, 15) is 9.59 Å². The summed E-state index contributed by atoms with van der Waals surface area (Å²) in [6, 6.07) is 0. The van der Waals surface area contributed by atoms with Crippen LogP contribution in [0.5, 0.6) is 0 Å². The van der Waals surface area contributed by atoms with Crippen molar-refractivity contribution in [3.63, 3.8) is 0 Å². The fourth-order valence-corrected chi connectivity index (χ4v) is 0.275. The molecule has 0 saturated heterocycles. The van der Waals surface area contributed by atoms with E-state index in [2.05, 4.69) is 0 Å². The molecule has 0 aliphatic carbocycles. The molecule has 0 amide bonds. The minimum Gasteiger partial charge on any atom is -0.233 e. The summed E-state index contributed by atoms with van der Waals surface area (Å²) in [5.74, 6) is 3.10. The molecule has 0 radical (unpaired) electrons. The van der Waals surface area contributed by atoms with Gasteiger partial charge in [-0.25, -0.2) is 9.59 Å². The van der Waals surface area contributed by atoms with Gasteiger partial charge < -0.3 is 0 Å². The van der Waals surface area contributed by atoms with Crippen molar-refractivity contribution in [2.45, 2.75) is 13.3 Å². The molecular weight excluding hydrogens is 104 g/mol. The fourth-order valence-electron chi connectivity index (χ4n) is 0.275. The predicted octanol–water partition coefficient (Wildman–Crippen LogP) is 0.542. The first-order valence-corrected chi connectivity index (χ1v) is 2.30. The lowest BCUT2D eigenvalue weighted by Gasteiger charge is -1.78. The number of allylic oxidation sites excluding steroid dienone is 2. The van der Waals surface area contributed by atoms with Gasteiger partial charge in [0.25, 0.3) is 0 Å². The zero-order valence-corrected chi connectivity index (χ0v) is 4.60. The Labute approximate surface area is 47.5 Å². The van der Waals surface area contributed by atoms with E-state index in [-0.39, 0.29) is 0 Å². The molecule has 0 aromatic carbocycles. The van der Waals surface area contributed by atoms with Crippen LogP contribution in [0, 0.1) is 0 Å². The second-order valence-electron chi connectivity index (χ2n) is 1.24. The Balaban J connectivity index is 4.13. The third-order valence-electron chi connectivity index (χ3n) is 0.745. The minimum absolute atomic E-state index is 0.361. The highest BCUT2D eigenvalue weighted by Crippen LogP contribution is 1.91. The Morgan fingerprint density at radius 1 is 1.62 bits per heavy atom. The standard InChI is InChI=1S/C6H6O2/c1-2-6(5-8)3-4-7/h3H,2H2,1H3. The van der Waals surface area contributed by atoms with Crippen LogP contribution in [0.4, 0.5) is 0 Å². The number of hydrogen-bond donors (Lipinski definition) is 0. The van der Waals surface area contributed by atoms with Crippen LogP contribution in [0.2, 0.25) is 0 Å². The van der Waals surface area contributed by atoms with E-state index in [1.165, 1.54) is 5.94 Å². The van der Waals surface area contributed by atoms with Gasteiger partial charge in [0, 0.05) is 11.6 Å². The summed E-state index contributed by atoms with van der Waals surface area (Å²) < 4.78 is 0. The zero-order valence-electron chi connectivity index (χ0n) is 4.60. The molecule has 0 unspecified atom stereocenters. The highest BCUT2D eigenvalue weighted by atomic mass is 16.1. The van der Waals surface area contributed by atoms with Crippen molar-refractivity contribution in [1.82, 2.24) is 0 Å². The Kier molecular flexibility index (Phi) is 3.51. The van der Waals surface area contributed by atoms with E-state index >= 15 is 0 Å². The quantitative estimate of drug-likeness (QED) is 0.384. The van der Waals surface area contributed by atoms with Crippen LogP contribution in [0.25, 0.3) is 0 Å². The van der Waals surface area contributed by atoms with Crippen molar-refractivity contribution in [2.24, 2.45) is 0 Å². The van der Waals surface area contributed by atoms with Gasteiger partial charge in [-0.2, -0.15) is 0 Å². The lowest BCUT2D eigenvalue weighted by Crippen LogP contribution is -1.73. The second kappa shape index (κ2) is 4.07. The molecular formula is C6H6O2. The maximum atomic E-state index is 9.75. The van der Waals surface area contributed by atoms with E-state index < -0.39 is 0 Å². The average molecular weight is 110 g/mol. The van der Waals surface area contributed by atoms with Gasteiger partial charge in [0.15, 0.2) is 0 Å². The monoisotopic (exact) mass is 110 g/mol. The van der Waals surface area contributed by atoms with Crippen LogP contribution in [0.3, 0.4) is 0 Å². The lowest BCUT2D eigenvalue weighted by molar-refractivity contribution is 0.564. The van der Waals surface area contributed by atoms with Crippen LogP contribution < -0.4 is 0 Å². The maximum absolute atomic E-state index is 9.75. The zero-order chi connectivity index (χ0) is 6.41. The second-order valence-corrected chi connectivity index (χ2v) is 1.24. The van der Waals surface area contributed by atoms with Gasteiger partial charge in [0.1, 0.15) is 11.9 Å². The summed E-state index contributed by atoms with van der Waals surface area (Å²) in [5, 5.41) is 0. The van der Waals surface area contributed by atoms with Crippen LogP contribution in [-0.2, 0) is 9.59 Å². The van der Waals surface area contributed by atoms with E-state index in [0.717, 1.165) is 6.08 Å². The molecule has 0 rings (SSSR count). The molecule has 0 bridgehead atoms. The maximum Gasteiger partial charge on any atom is 0.128 e. The predicted molar refractivity (Wildman–Crippen MR) is 29.8 cm³/mol. The Hall–Kier alpha value is -1.10. The number of carbonyl (C=O) groups excluding carboxylic acids is 2. The van der Waals surface area contributed by atoms with Gasteiger partial charge in [-0.1, -0.05) is 6.92 Å². The van der Waals surface area contributed by atoms with Crippen molar-refractivity contribution in [2.75, 3.05) is 0 Å². The molecule has 0 atom stereocenters. The van der Waals surface area contributed by atoms with Crippen molar-refractivity contribution in [1.29, 1.82) is 0 Å². The molecule has 0 fully saturated rings. The van der Waals surface area contributed by atoms with Crippen LogP contribution in [0.1, 0.15) is 13.3 Å². The van der Waals surface area contributed by atoms with Crippen molar-refractivity contribution in [3.05, 3.63) is 11.6 Å². The highest BCUT2D eigenvalue weighted by molar-refractivity contribution is 5.64. The molecule has 0 aliphatic rings. The molecule has 0 heterocycles. The Morgan fingerprint density at radius 3 is 2.38 bits per heavy atom. The third-order valence-corrected chi connectivity index (χ3v) is 0.745. The fraction of sp³-hybridized carbons (Fsp3) is 0.333.